The summed E-state index contributed by atoms with van der Waals surface area (Å²) in [4.78, 5) is 22.0. The molecule has 2 N–H and O–H groups in total. The van der Waals surface area contributed by atoms with Gasteiger partial charge in [-0.2, -0.15) is 0 Å². The zero-order chi connectivity index (χ0) is 11.3. The largest absolute Gasteiger partial charge is 0.481 e. The molecule has 7 heteroatoms. The Morgan fingerprint density at radius 2 is 2.40 bits per heavy atom. The lowest BCUT2D eigenvalue weighted by Crippen LogP contribution is -2.32. The van der Waals surface area contributed by atoms with E-state index in [1.807, 2.05) is 0 Å². The molecule has 6 nitrogen and oxygen atoms in total. The Balaban J connectivity index is 2.43. The van der Waals surface area contributed by atoms with Gasteiger partial charge >= 0.3 is 5.97 Å². The van der Waals surface area contributed by atoms with Crippen LogP contribution in [-0.2, 0) is 4.79 Å². The van der Waals surface area contributed by atoms with E-state index in [2.05, 4.69) is 14.9 Å². The van der Waals surface area contributed by atoms with Gasteiger partial charge in [-0.3, -0.25) is 9.59 Å². The molecule has 0 aliphatic carbocycles. The van der Waals surface area contributed by atoms with Crippen molar-refractivity contribution in [2.45, 2.75) is 13.3 Å². The second-order valence-corrected chi connectivity index (χ2v) is 3.55. The first-order valence-corrected chi connectivity index (χ1v) is 5.26. The molecule has 82 valence electrons. The Bertz CT molecular complexity index is 339. The molecule has 0 spiro atoms. The van der Waals surface area contributed by atoms with Crippen LogP contribution in [-0.4, -0.2) is 33.1 Å². The van der Waals surface area contributed by atoms with E-state index in [0.29, 0.717) is 6.42 Å². The predicted octanol–water partition coefficient (Wildman–Crippen LogP) is 0.379. The molecule has 1 amide bonds. The average molecular weight is 229 g/mol. The molecule has 1 heterocycles. The van der Waals surface area contributed by atoms with E-state index in [9.17, 15) is 9.59 Å². The van der Waals surface area contributed by atoms with Crippen molar-refractivity contribution < 1.29 is 14.7 Å². The van der Waals surface area contributed by atoms with Crippen LogP contribution < -0.4 is 5.32 Å². The van der Waals surface area contributed by atoms with Crippen LogP contribution in [0.2, 0.25) is 0 Å². The number of rotatable bonds is 5. The maximum atomic E-state index is 11.3. The molecule has 1 aromatic heterocycles. The molecule has 1 atom stereocenters. The second-order valence-electron chi connectivity index (χ2n) is 2.94. The number of carbonyl (C=O) groups excluding carboxylic acids is 1. The van der Waals surface area contributed by atoms with Crippen molar-refractivity contribution in [2.75, 3.05) is 6.54 Å². The fraction of sp³-hybridized carbons (Fsp3) is 0.500. The van der Waals surface area contributed by atoms with E-state index in [1.54, 1.807) is 6.92 Å². The van der Waals surface area contributed by atoms with Crippen molar-refractivity contribution in [2.24, 2.45) is 5.92 Å². The van der Waals surface area contributed by atoms with Crippen molar-refractivity contribution in [3.63, 3.8) is 0 Å². The lowest BCUT2D eigenvalue weighted by molar-refractivity contribution is -0.141. The third-order valence-electron chi connectivity index (χ3n) is 1.94. The summed E-state index contributed by atoms with van der Waals surface area (Å²) in [5.74, 6) is -1.85. The summed E-state index contributed by atoms with van der Waals surface area (Å²) in [6, 6.07) is 0. The Labute approximate surface area is 90.5 Å². The number of amides is 1. The van der Waals surface area contributed by atoms with Gasteiger partial charge in [0.05, 0.1) is 5.92 Å². The van der Waals surface area contributed by atoms with Crippen LogP contribution in [0.1, 0.15) is 23.8 Å². The zero-order valence-corrected chi connectivity index (χ0v) is 8.95. The van der Waals surface area contributed by atoms with Crippen molar-refractivity contribution in [3.05, 3.63) is 11.1 Å². The fourth-order valence-corrected chi connectivity index (χ4v) is 1.41. The van der Waals surface area contributed by atoms with Crippen molar-refractivity contribution in [1.29, 1.82) is 0 Å². The molecule has 0 saturated carbocycles. The van der Waals surface area contributed by atoms with Crippen LogP contribution in [0.4, 0.5) is 0 Å². The summed E-state index contributed by atoms with van der Waals surface area (Å²) >= 11 is 1.08. The summed E-state index contributed by atoms with van der Waals surface area (Å²) in [6.07, 6.45) is 0.477. The van der Waals surface area contributed by atoms with Gasteiger partial charge in [0.25, 0.3) is 5.91 Å². The molecule has 0 aromatic carbocycles. The smallest absolute Gasteiger partial charge is 0.308 e. The Morgan fingerprint density at radius 3 is 2.87 bits per heavy atom. The van der Waals surface area contributed by atoms with E-state index in [0.717, 1.165) is 11.5 Å². The van der Waals surface area contributed by atoms with Crippen LogP contribution in [0.5, 0.6) is 0 Å². The van der Waals surface area contributed by atoms with E-state index in [-0.39, 0.29) is 18.1 Å². The first-order chi connectivity index (χ1) is 7.15. The first kappa shape index (κ1) is 11.6. The minimum atomic E-state index is -0.908. The van der Waals surface area contributed by atoms with Gasteiger partial charge in [-0.1, -0.05) is 11.4 Å². The van der Waals surface area contributed by atoms with Crippen molar-refractivity contribution >= 4 is 23.4 Å². The van der Waals surface area contributed by atoms with E-state index in [1.165, 1.54) is 5.38 Å². The highest BCUT2D eigenvalue weighted by Crippen LogP contribution is 2.02. The lowest BCUT2D eigenvalue weighted by Gasteiger charge is -2.09. The van der Waals surface area contributed by atoms with Gasteiger partial charge in [0.15, 0.2) is 5.69 Å². The van der Waals surface area contributed by atoms with Crippen LogP contribution >= 0.6 is 11.5 Å². The summed E-state index contributed by atoms with van der Waals surface area (Å²) in [7, 11) is 0. The molecule has 15 heavy (non-hydrogen) atoms. The van der Waals surface area contributed by atoms with Crippen LogP contribution in [0.25, 0.3) is 0 Å². The van der Waals surface area contributed by atoms with Gasteiger partial charge in [0.2, 0.25) is 0 Å². The first-order valence-electron chi connectivity index (χ1n) is 4.43. The lowest BCUT2D eigenvalue weighted by atomic mass is 10.1. The van der Waals surface area contributed by atoms with Crippen molar-refractivity contribution in [3.8, 4) is 0 Å². The second kappa shape index (κ2) is 5.40. The summed E-state index contributed by atoms with van der Waals surface area (Å²) in [5.41, 5.74) is 0.222. The highest BCUT2D eigenvalue weighted by atomic mass is 32.1. The van der Waals surface area contributed by atoms with E-state index < -0.39 is 11.9 Å². The molecule has 0 radical (unpaired) electrons. The summed E-state index contributed by atoms with van der Waals surface area (Å²) in [5, 5.41) is 16.3. The van der Waals surface area contributed by atoms with E-state index >= 15 is 0 Å². The van der Waals surface area contributed by atoms with Crippen molar-refractivity contribution in [1.82, 2.24) is 14.9 Å². The molecule has 0 aliphatic heterocycles. The maximum absolute atomic E-state index is 11.3. The monoisotopic (exact) mass is 229 g/mol. The molecule has 1 rings (SSSR count). The van der Waals surface area contributed by atoms with Gasteiger partial charge in [-0.25, -0.2) is 0 Å². The molecule has 0 aliphatic rings. The van der Waals surface area contributed by atoms with E-state index in [4.69, 9.17) is 5.11 Å². The summed E-state index contributed by atoms with van der Waals surface area (Å²) in [6.45, 7) is 1.87. The zero-order valence-electron chi connectivity index (χ0n) is 8.14. The third-order valence-corrected chi connectivity index (χ3v) is 2.45. The average Bonchev–Trinajstić information content (AvgIpc) is 2.70. The van der Waals surface area contributed by atoms with Crippen LogP contribution in [0.15, 0.2) is 5.38 Å². The highest BCUT2D eigenvalue weighted by molar-refractivity contribution is 7.03. The molecular formula is C8H11N3O3S. The number of carboxylic acids is 1. The minimum Gasteiger partial charge on any atom is -0.481 e. The number of hydrogen-bond acceptors (Lipinski definition) is 5. The molecule has 0 saturated heterocycles. The number of carbonyl (C=O) groups is 2. The Kier molecular flexibility index (Phi) is 4.17. The highest BCUT2D eigenvalue weighted by Gasteiger charge is 2.17. The van der Waals surface area contributed by atoms with Gasteiger partial charge in [0.1, 0.15) is 0 Å². The normalized spacial score (nSPS) is 12.1. The Morgan fingerprint density at radius 1 is 1.67 bits per heavy atom. The van der Waals surface area contributed by atoms with Gasteiger partial charge in [-0.15, -0.1) is 5.10 Å². The topological polar surface area (TPSA) is 92.2 Å². The molecular weight excluding hydrogens is 218 g/mol. The van der Waals surface area contributed by atoms with Gasteiger partial charge in [-0.05, 0) is 18.0 Å². The van der Waals surface area contributed by atoms with Crippen LogP contribution in [0, 0.1) is 5.92 Å². The van der Waals surface area contributed by atoms with Gasteiger partial charge in [0, 0.05) is 11.9 Å². The Hall–Kier alpha value is -1.50. The maximum Gasteiger partial charge on any atom is 0.308 e. The quantitative estimate of drug-likeness (QED) is 0.761. The number of nitrogens with zero attached hydrogens (tertiary/aromatic N) is 2. The number of aliphatic carboxylic acids is 1. The SMILES string of the molecule is CCC(CNC(=O)c1csnn1)C(=O)O. The number of carboxylic acid groups (broad SMARTS) is 1. The molecule has 1 aromatic rings. The molecule has 0 bridgehead atoms. The van der Waals surface area contributed by atoms with Gasteiger partial charge < -0.3 is 10.4 Å². The third kappa shape index (κ3) is 3.28. The minimum absolute atomic E-state index is 0.113. The number of aromatic nitrogens is 2. The standard InChI is InChI=1S/C8H11N3O3S/c1-2-5(8(13)14)3-9-7(12)6-4-15-11-10-6/h4-5H,2-3H2,1H3,(H,9,12)(H,13,14). The number of nitrogens with one attached hydrogen (secondary N) is 1. The number of hydrogen-bond donors (Lipinski definition) is 2. The fourth-order valence-electron chi connectivity index (χ4n) is 0.976. The molecule has 0 fully saturated rings. The van der Waals surface area contributed by atoms with Crippen LogP contribution in [0.3, 0.4) is 0 Å². The predicted molar refractivity (Wildman–Crippen MR) is 53.7 cm³/mol. The summed E-state index contributed by atoms with van der Waals surface area (Å²) < 4.78 is 3.54. The molecule has 1 unspecified atom stereocenters.